The van der Waals surface area contributed by atoms with Gasteiger partial charge in [0.1, 0.15) is 5.82 Å². The molecule has 0 saturated carbocycles. The molecule has 528 valence electrons. The van der Waals surface area contributed by atoms with Crippen molar-refractivity contribution in [2.24, 2.45) is 5.92 Å². The summed E-state index contributed by atoms with van der Waals surface area (Å²) in [4.78, 5) is 27.6. The van der Waals surface area contributed by atoms with E-state index in [0.29, 0.717) is 11.8 Å². The maximum atomic E-state index is 4.35. The van der Waals surface area contributed by atoms with E-state index in [-0.39, 0.29) is 0 Å². The molecule has 10 aromatic rings. The van der Waals surface area contributed by atoms with Gasteiger partial charge in [0.2, 0.25) is 0 Å². The third-order valence-electron chi connectivity index (χ3n) is 11.9. The van der Waals surface area contributed by atoms with E-state index in [9.17, 15) is 0 Å². The maximum Gasteiger partial charge on any atom is 0.159 e. The summed E-state index contributed by atoms with van der Waals surface area (Å²) in [5.74, 6) is 3.71. The van der Waals surface area contributed by atoms with Crippen LogP contribution in [0.4, 0.5) is 0 Å². The Labute approximate surface area is 592 Å². The van der Waals surface area contributed by atoms with Gasteiger partial charge in [-0.05, 0) is 111 Å². The standard InChI is InChI=1S/2C12H11N.C12H18.2C11H10N2.C11H17N.10C2H6/c1-10-7-8-12(9-13-10)11-5-3-2-4-6-11;1-10-7-8-12(13-9-10)11-5-3-2-4-6-11;1-10(2)9-11(3)12-7-5-4-6-8-12;1-9-12-7-11(8-13-9)10-5-3-2-4-6-10;1-9-7-12-11(13-8-9)10-5-3-2-4-6-10;1-10(9-12(2)3)11-7-5-4-6-8-11;10*1-2/h2*2-9H,1H3;4-8,10-11H,9H2,1-3H3;2*2-8H,1H3;4-8,10H,9H2,1-3H3;10*1-2H3. The molecule has 0 amide bonds. The molecule has 0 saturated heterocycles. The third-order valence-corrected chi connectivity index (χ3v) is 11.9. The highest BCUT2D eigenvalue weighted by Gasteiger charge is 2.07. The number of aryl methyl sites for hydroxylation is 4. The summed E-state index contributed by atoms with van der Waals surface area (Å²) < 4.78 is 0. The highest BCUT2D eigenvalue weighted by atomic mass is 15.1. The molecular weight excluding hydrogens is 1170 g/mol. The quantitative estimate of drug-likeness (QED) is 0.135. The molecule has 6 aromatic carbocycles. The molecular formula is C89H137N7. The summed E-state index contributed by atoms with van der Waals surface area (Å²) in [5.41, 5.74) is 14.1. The maximum absolute atomic E-state index is 4.35. The zero-order valence-electron chi connectivity index (χ0n) is 66.4. The van der Waals surface area contributed by atoms with Crippen LogP contribution >= 0.6 is 0 Å². The molecule has 7 nitrogen and oxygen atoms in total. The van der Waals surface area contributed by atoms with Gasteiger partial charge in [0, 0.05) is 71.7 Å². The van der Waals surface area contributed by atoms with Gasteiger partial charge in [0.05, 0.1) is 5.69 Å². The Balaban J connectivity index is -0.000000240. The third kappa shape index (κ3) is 49.3. The summed E-state index contributed by atoms with van der Waals surface area (Å²) in [7, 11) is 4.22. The van der Waals surface area contributed by atoms with Crippen molar-refractivity contribution in [2.75, 3.05) is 20.6 Å². The van der Waals surface area contributed by atoms with Crippen LogP contribution < -0.4 is 0 Å². The molecule has 4 aromatic heterocycles. The van der Waals surface area contributed by atoms with E-state index in [4.69, 9.17) is 0 Å². The molecule has 0 bridgehead atoms. The van der Waals surface area contributed by atoms with Crippen molar-refractivity contribution in [1.82, 2.24) is 34.8 Å². The van der Waals surface area contributed by atoms with Gasteiger partial charge < -0.3 is 4.90 Å². The second-order valence-electron chi connectivity index (χ2n) is 19.5. The zero-order chi connectivity index (χ0) is 74.3. The number of likely N-dealkylation sites (N-methyl/N-ethyl adjacent to an activating group) is 1. The lowest BCUT2D eigenvalue weighted by atomic mass is 9.92. The fourth-order valence-electron chi connectivity index (χ4n) is 7.88. The SMILES string of the molecule is CC.CC.CC.CC.CC.CC.CC.CC.CC.CC.CC(C)CC(C)c1ccccc1.CC(CN(C)C)c1ccccc1.Cc1ccc(-c2ccccc2)cn1.Cc1ccc(-c2ccccc2)nc1.Cc1cnc(-c2ccccc2)nc1.Cc1ncc(-c2ccccc2)cn1. The first-order valence-corrected chi connectivity index (χ1v) is 36.2. The molecule has 0 fully saturated rings. The van der Waals surface area contributed by atoms with E-state index in [1.807, 2.05) is 313 Å². The van der Waals surface area contributed by atoms with E-state index in [1.165, 1.54) is 39.8 Å². The van der Waals surface area contributed by atoms with E-state index in [0.717, 1.165) is 57.8 Å². The highest BCUT2D eigenvalue weighted by Crippen LogP contribution is 2.23. The Morgan fingerprint density at radius 2 is 0.615 bits per heavy atom. The van der Waals surface area contributed by atoms with Gasteiger partial charge in [-0.1, -0.05) is 360 Å². The molecule has 10 rings (SSSR count). The van der Waals surface area contributed by atoms with Gasteiger partial charge in [0.25, 0.3) is 0 Å². The van der Waals surface area contributed by atoms with Gasteiger partial charge in [-0.3, -0.25) is 9.97 Å². The van der Waals surface area contributed by atoms with Crippen molar-refractivity contribution in [3.05, 3.63) is 277 Å². The molecule has 4 heterocycles. The molecule has 0 aliphatic carbocycles. The summed E-state index contributed by atoms with van der Waals surface area (Å²) >= 11 is 0. The van der Waals surface area contributed by atoms with E-state index >= 15 is 0 Å². The summed E-state index contributed by atoms with van der Waals surface area (Å²) in [5, 5.41) is 0. The fraction of sp³-hybridized carbons (Fsp3) is 0.393. The zero-order valence-corrected chi connectivity index (χ0v) is 66.4. The second-order valence-corrected chi connectivity index (χ2v) is 19.5. The predicted octanol–water partition coefficient (Wildman–Crippen LogP) is 27.5. The van der Waals surface area contributed by atoms with Gasteiger partial charge in [-0.15, -0.1) is 0 Å². The van der Waals surface area contributed by atoms with Crippen LogP contribution in [0.5, 0.6) is 0 Å². The van der Waals surface area contributed by atoms with E-state index < -0.39 is 0 Å². The van der Waals surface area contributed by atoms with Gasteiger partial charge >= 0.3 is 0 Å². The number of nitrogens with zero attached hydrogens (tertiary/aromatic N) is 7. The largest absolute Gasteiger partial charge is 0.309 e. The smallest absolute Gasteiger partial charge is 0.159 e. The minimum atomic E-state index is 0.626. The average Bonchev–Trinajstić information content (AvgIpc) is 1.39. The molecule has 0 N–H and O–H groups in total. The summed E-state index contributed by atoms with van der Waals surface area (Å²) in [6, 6.07) is 70.2. The van der Waals surface area contributed by atoms with Crippen LogP contribution in [0.3, 0.4) is 0 Å². The molecule has 0 aliphatic rings. The van der Waals surface area contributed by atoms with Crippen LogP contribution in [-0.4, -0.2) is 55.4 Å². The van der Waals surface area contributed by atoms with Crippen LogP contribution in [0, 0.1) is 33.6 Å². The number of pyridine rings is 2. The van der Waals surface area contributed by atoms with Crippen LogP contribution in [-0.2, 0) is 0 Å². The summed E-state index contributed by atoms with van der Waals surface area (Å²) in [6.07, 6.45) is 12.4. The van der Waals surface area contributed by atoms with Crippen molar-refractivity contribution in [2.45, 2.75) is 212 Å². The Hall–Kier alpha value is -8.26. The van der Waals surface area contributed by atoms with Crippen molar-refractivity contribution in [3.63, 3.8) is 0 Å². The average molecular weight is 1310 g/mol. The molecule has 0 radical (unpaired) electrons. The highest BCUT2D eigenvalue weighted by molar-refractivity contribution is 5.63. The molecule has 0 aliphatic heterocycles. The van der Waals surface area contributed by atoms with Crippen molar-refractivity contribution in [3.8, 4) is 44.9 Å². The number of benzene rings is 6. The Bertz CT molecular complexity index is 2660. The minimum absolute atomic E-state index is 0.626. The topological polar surface area (TPSA) is 80.6 Å². The Kier molecular flexibility index (Phi) is 74.7. The van der Waals surface area contributed by atoms with Crippen molar-refractivity contribution in [1.29, 1.82) is 0 Å². The molecule has 96 heavy (non-hydrogen) atoms. The normalized spacial score (nSPS) is 9.33. The van der Waals surface area contributed by atoms with Crippen LogP contribution in [0.15, 0.2) is 243 Å². The van der Waals surface area contributed by atoms with Gasteiger partial charge in [0.15, 0.2) is 5.82 Å². The lowest BCUT2D eigenvalue weighted by Gasteiger charge is -2.16. The molecule has 0 spiro atoms. The fourth-order valence-corrected chi connectivity index (χ4v) is 7.88. The molecule has 2 atom stereocenters. The van der Waals surface area contributed by atoms with E-state index in [1.54, 1.807) is 0 Å². The summed E-state index contributed by atoms with van der Waals surface area (Å²) in [6.45, 7) is 58.1. The van der Waals surface area contributed by atoms with Crippen molar-refractivity contribution >= 4 is 0 Å². The first-order chi connectivity index (χ1) is 46.8. The lowest BCUT2D eigenvalue weighted by Crippen LogP contribution is -2.18. The molecule has 7 heteroatoms. The monoisotopic (exact) mass is 1300 g/mol. The number of hydrogen-bond donors (Lipinski definition) is 0. The van der Waals surface area contributed by atoms with Crippen LogP contribution in [0.1, 0.15) is 218 Å². The minimum Gasteiger partial charge on any atom is -0.309 e. The van der Waals surface area contributed by atoms with Crippen LogP contribution in [0.25, 0.3) is 44.9 Å². The lowest BCUT2D eigenvalue weighted by molar-refractivity contribution is 0.383. The Morgan fingerprint density at radius 1 is 0.281 bits per heavy atom. The Morgan fingerprint density at radius 3 is 0.958 bits per heavy atom. The van der Waals surface area contributed by atoms with Gasteiger partial charge in [-0.2, -0.15) is 0 Å². The number of rotatable bonds is 10. The second kappa shape index (κ2) is 72.6. The van der Waals surface area contributed by atoms with E-state index in [2.05, 4.69) is 174 Å². The number of hydrogen-bond acceptors (Lipinski definition) is 7. The van der Waals surface area contributed by atoms with Crippen LogP contribution in [0.2, 0.25) is 0 Å². The van der Waals surface area contributed by atoms with Crippen molar-refractivity contribution < 1.29 is 0 Å². The van der Waals surface area contributed by atoms with Gasteiger partial charge in [-0.25, -0.2) is 19.9 Å². The predicted molar refractivity (Wildman–Crippen MR) is 434 cm³/mol. The molecule has 2 unspecified atom stereocenters. The number of aromatic nitrogens is 6. The first kappa shape index (κ1) is 98.8. The first-order valence-electron chi connectivity index (χ1n) is 36.2.